The summed E-state index contributed by atoms with van der Waals surface area (Å²) in [6, 6.07) is 2.55. The highest BCUT2D eigenvalue weighted by Gasteiger charge is 2.17. The van der Waals surface area contributed by atoms with Crippen LogP contribution in [0.2, 0.25) is 0 Å². The average Bonchev–Trinajstić information content (AvgIpc) is 2.37. The minimum atomic E-state index is -0.627. The number of aromatic nitrogens is 1. The molecule has 1 aromatic rings. The Morgan fingerprint density at radius 2 is 2.18 bits per heavy atom. The van der Waals surface area contributed by atoms with E-state index in [0.29, 0.717) is 0 Å². The second kappa shape index (κ2) is 5.80. The normalized spacial score (nSPS) is 11.5. The topological polar surface area (TPSA) is 109 Å². The minimum Gasteiger partial charge on any atom is -0.357 e. The number of hydrogen-bond acceptors (Lipinski definition) is 5. The Kier molecular flexibility index (Phi) is 4.41. The van der Waals surface area contributed by atoms with Crippen LogP contribution < -0.4 is 21.9 Å². The molecule has 0 spiro atoms. The molecule has 0 fully saturated rings. The molecule has 1 atom stereocenters. The molecule has 0 saturated heterocycles. The Balaban J connectivity index is 2.79. The van der Waals surface area contributed by atoms with E-state index in [0.717, 1.165) is 0 Å². The molecular formula is C10H15N5O2. The molecule has 92 valence electrons. The molecule has 5 N–H and O–H groups in total. The van der Waals surface area contributed by atoms with Gasteiger partial charge in [0.15, 0.2) is 5.82 Å². The van der Waals surface area contributed by atoms with Crippen LogP contribution in [0.4, 0.5) is 5.82 Å². The third-order valence-electron chi connectivity index (χ3n) is 2.18. The molecule has 2 amide bonds. The van der Waals surface area contributed by atoms with E-state index in [9.17, 15) is 9.59 Å². The smallest absolute Gasteiger partial charge is 0.255 e. The zero-order valence-corrected chi connectivity index (χ0v) is 9.65. The molecule has 7 heteroatoms. The number of nitrogens with zero attached hydrogens (tertiary/aromatic N) is 1. The highest BCUT2D eigenvalue weighted by atomic mass is 16.2. The van der Waals surface area contributed by atoms with E-state index in [1.807, 2.05) is 0 Å². The fourth-order valence-electron chi connectivity index (χ4n) is 1.26. The molecule has 0 saturated carbocycles. The number of carbonyl (C=O) groups excluding carboxylic acids is 2. The van der Waals surface area contributed by atoms with Crippen LogP contribution in [0, 0.1) is 0 Å². The van der Waals surface area contributed by atoms with E-state index in [2.05, 4.69) is 21.0 Å². The zero-order chi connectivity index (χ0) is 12.8. The van der Waals surface area contributed by atoms with Gasteiger partial charge in [-0.15, -0.1) is 0 Å². The third kappa shape index (κ3) is 3.15. The number of amides is 2. The Morgan fingerprint density at radius 1 is 1.47 bits per heavy atom. The van der Waals surface area contributed by atoms with Gasteiger partial charge >= 0.3 is 0 Å². The van der Waals surface area contributed by atoms with Crippen LogP contribution >= 0.6 is 0 Å². The van der Waals surface area contributed by atoms with Crippen molar-refractivity contribution in [2.45, 2.75) is 13.0 Å². The van der Waals surface area contributed by atoms with Crippen molar-refractivity contribution in [2.75, 3.05) is 12.5 Å². The molecule has 1 rings (SSSR count). The summed E-state index contributed by atoms with van der Waals surface area (Å²) in [6.07, 6.45) is 1.51. The molecule has 0 aliphatic rings. The first-order chi connectivity index (χ1) is 8.10. The van der Waals surface area contributed by atoms with E-state index >= 15 is 0 Å². The maximum atomic E-state index is 11.8. The maximum Gasteiger partial charge on any atom is 0.255 e. The fourth-order valence-corrected chi connectivity index (χ4v) is 1.26. The van der Waals surface area contributed by atoms with Crippen LogP contribution in [-0.2, 0) is 4.79 Å². The third-order valence-corrected chi connectivity index (χ3v) is 2.18. The molecule has 7 nitrogen and oxygen atoms in total. The minimum absolute atomic E-state index is 0.258. The van der Waals surface area contributed by atoms with Crippen molar-refractivity contribution < 1.29 is 9.59 Å². The Bertz CT molecular complexity index is 421. The largest absolute Gasteiger partial charge is 0.357 e. The molecular weight excluding hydrogens is 222 g/mol. The lowest BCUT2D eigenvalue weighted by atomic mass is 10.2. The van der Waals surface area contributed by atoms with Crippen molar-refractivity contribution in [1.82, 2.24) is 15.6 Å². The van der Waals surface area contributed by atoms with Gasteiger partial charge in [0.05, 0.1) is 5.56 Å². The number of anilines is 1. The van der Waals surface area contributed by atoms with Gasteiger partial charge in [0.2, 0.25) is 5.91 Å². The first-order valence-corrected chi connectivity index (χ1v) is 5.04. The van der Waals surface area contributed by atoms with E-state index in [1.54, 1.807) is 19.1 Å². The quantitative estimate of drug-likeness (QED) is 0.406. The van der Waals surface area contributed by atoms with E-state index < -0.39 is 11.9 Å². The number of likely N-dealkylation sites (N-methyl/N-ethyl adjacent to an activating group) is 1. The Hall–Kier alpha value is -2.15. The summed E-state index contributed by atoms with van der Waals surface area (Å²) in [5, 5.41) is 4.98. The number of pyridine rings is 1. The van der Waals surface area contributed by atoms with Gasteiger partial charge in [-0.1, -0.05) is 0 Å². The summed E-state index contributed by atoms with van der Waals surface area (Å²) in [4.78, 5) is 27.0. The van der Waals surface area contributed by atoms with Crippen molar-refractivity contribution in [3.05, 3.63) is 23.9 Å². The Morgan fingerprint density at radius 3 is 2.76 bits per heavy atom. The van der Waals surface area contributed by atoms with Gasteiger partial charge < -0.3 is 16.1 Å². The average molecular weight is 237 g/mol. The highest BCUT2D eigenvalue weighted by Crippen LogP contribution is 2.09. The number of nitrogen functional groups attached to an aromatic ring is 1. The number of rotatable bonds is 4. The van der Waals surface area contributed by atoms with Crippen LogP contribution in [0.15, 0.2) is 18.3 Å². The number of hydrazine groups is 1. The summed E-state index contributed by atoms with van der Waals surface area (Å²) in [5.41, 5.74) is 2.60. The second-order valence-corrected chi connectivity index (χ2v) is 3.35. The molecule has 0 bridgehead atoms. The van der Waals surface area contributed by atoms with E-state index in [4.69, 9.17) is 5.84 Å². The number of hydrogen-bond donors (Lipinski definition) is 4. The van der Waals surface area contributed by atoms with E-state index in [1.165, 1.54) is 13.2 Å². The summed E-state index contributed by atoms with van der Waals surface area (Å²) in [5.74, 6) is 4.80. The van der Waals surface area contributed by atoms with Crippen LogP contribution in [0.25, 0.3) is 0 Å². The lowest BCUT2D eigenvalue weighted by Gasteiger charge is -2.13. The monoisotopic (exact) mass is 237 g/mol. The second-order valence-electron chi connectivity index (χ2n) is 3.35. The SMILES string of the molecule is CNC(=O)C(C)NC(=O)c1cccnc1NN. The van der Waals surface area contributed by atoms with Gasteiger partial charge in [-0.3, -0.25) is 9.59 Å². The maximum absolute atomic E-state index is 11.8. The lowest BCUT2D eigenvalue weighted by molar-refractivity contribution is -0.122. The molecule has 0 aliphatic heterocycles. The van der Waals surface area contributed by atoms with Gasteiger partial charge in [0, 0.05) is 13.2 Å². The summed E-state index contributed by atoms with van der Waals surface area (Å²) in [6.45, 7) is 1.59. The molecule has 17 heavy (non-hydrogen) atoms. The fraction of sp³-hybridized carbons (Fsp3) is 0.300. The van der Waals surface area contributed by atoms with Crippen LogP contribution in [0.3, 0.4) is 0 Å². The van der Waals surface area contributed by atoms with Gasteiger partial charge in [-0.2, -0.15) is 0 Å². The van der Waals surface area contributed by atoms with Gasteiger partial charge in [0.25, 0.3) is 5.91 Å². The number of nitrogens with one attached hydrogen (secondary N) is 3. The molecule has 0 aliphatic carbocycles. The van der Waals surface area contributed by atoms with Gasteiger partial charge in [-0.25, -0.2) is 10.8 Å². The highest BCUT2D eigenvalue weighted by molar-refractivity contribution is 6.00. The first-order valence-electron chi connectivity index (χ1n) is 5.04. The van der Waals surface area contributed by atoms with E-state index in [-0.39, 0.29) is 17.3 Å². The van der Waals surface area contributed by atoms with Crippen LogP contribution in [0.5, 0.6) is 0 Å². The molecule has 0 radical (unpaired) electrons. The summed E-state index contributed by atoms with van der Waals surface area (Å²) < 4.78 is 0. The van der Waals surface area contributed by atoms with Crippen molar-refractivity contribution in [3.63, 3.8) is 0 Å². The Labute approximate surface area is 98.8 Å². The first kappa shape index (κ1) is 12.9. The molecule has 1 aromatic heterocycles. The number of nitrogens with two attached hydrogens (primary N) is 1. The number of carbonyl (C=O) groups is 2. The van der Waals surface area contributed by atoms with Crippen molar-refractivity contribution in [1.29, 1.82) is 0 Å². The predicted octanol–water partition coefficient (Wildman–Crippen LogP) is -0.768. The van der Waals surface area contributed by atoms with Gasteiger partial charge in [-0.05, 0) is 19.1 Å². The predicted molar refractivity (Wildman–Crippen MR) is 63.0 cm³/mol. The van der Waals surface area contributed by atoms with Crippen LogP contribution in [0.1, 0.15) is 17.3 Å². The zero-order valence-electron chi connectivity index (χ0n) is 9.65. The molecule has 1 heterocycles. The van der Waals surface area contributed by atoms with Crippen molar-refractivity contribution >= 4 is 17.6 Å². The van der Waals surface area contributed by atoms with Crippen molar-refractivity contribution in [3.8, 4) is 0 Å². The molecule has 0 aromatic carbocycles. The summed E-state index contributed by atoms with van der Waals surface area (Å²) in [7, 11) is 1.50. The van der Waals surface area contributed by atoms with Crippen LogP contribution in [-0.4, -0.2) is 29.9 Å². The summed E-state index contributed by atoms with van der Waals surface area (Å²) >= 11 is 0. The standard InChI is InChI=1S/C10H15N5O2/c1-6(9(16)12-2)14-10(17)7-4-3-5-13-8(7)15-11/h3-6H,11H2,1-2H3,(H,12,16)(H,13,15)(H,14,17). The van der Waals surface area contributed by atoms with Gasteiger partial charge in [0.1, 0.15) is 6.04 Å². The van der Waals surface area contributed by atoms with Crippen molar-refractivity contribution in [2.24, 2.45) is 5.84 Å². The lowest BCUT2D eigenvalue weighted by Crippen LogP contribution is -2.43. The molecule has 1 unspecified atom stereocenters.